The van der Waals surface area contributed by atoms with Crippen molar-refractivity contribution in [2.24, 2.45) is 17.1 Å². The number of carbonyl (C=O) groups excluding carboxylic acids is 1. The van der Waals surface area contributed by atoms with E-state index in [2.05, 4.69) is 26.1 Å². The van der Waals surface area contributed by atoms with Gasteiger partial charge in [0.15, 0.2) is 0 Å². The van der Waals surface area contributed by atoms with E-state index in [0.717, 1.165) is 12.8 Å². The molecule has 0 aromatic carbocycles. The molecule has 0 aliphatic carbocycles. The van der Waals surface area contributed by atoms with E-state index in [9.17, 15) is 4.79 Å². The number of rotatable bonds is 10. The molecule has 0 aliphatic heterocycles. The molecule has 1 atom stereocenters. The molecular weight excluding hydrogens is 244 g/mol. The summed E-state index contributed by atoms with van der Waals surface area (Å²) in [4.78, 5) is 11.9. The molecule has 0 radical (unpaired) electrons. The first-order valence-electron chi connectivity index (χ1n) is 6.95. The Hall–Kier alpha value is -0.650. The Morgan fingerprint density at radius 1 is 1.26 bits per heavy atom. The van der Waals surface area contributed by atoms with E-state index in [1.165, 1.54) is 0 Å². The molecule has 0 aromatic rings. The molecule has 0 rings (SSSR count). The highest BCUT2D eigenvalue weighted by atomic mass is 16.5. The zero-order chi connectivity index (χ0) is 14.7. The van der Waals surface area contributed by atoms with Crippen LogP contribution in [0.2, 0.25) is 0 Å². The zero-order valence-corrected chi connectivity index (χ0v) is 12.8. The fraction of sp³-hybridized carbons (Fsp3) is 0.929. The Bertz CT molecular complexity index is 239. The smallest absolute Gasteiger partial charge is 0.224 e. The van der Waals surface area contributed by atoms with Gasteiger partial charge in [0.1, 0.15) is 0 Å². The van der Waals surface area contributed by atoms with Crippen molar-refractivity contribution in [2.75, 3.05) is 40.0 Å². The van der Waals surface area contributed by atoms with Gasteiger partial charge in [0.05, 0.1) is 19.1 Å². The maximum absolute atomic E-state index is 11.9. The van der Waals surface area contributed by atoms with Crippen molar-refractivity contribution in [2.45, 2.75) is 33.6 Å². The molecule has 3 N–H and O–H groups in total. The topological polar surface area (TPSA) is 73.6 Å². The van der Waals surface area contributed by atoms with Crippen molar-refractivity contribution in [1.29, 1.82) is 0 Å². The molecule has 0 saturated heterocycles. The Kier molecular flexibility index (Phi) is 9.83. The molecule has 0 fully saturated rings. The lowest BCUT2D eigenvalue weighted by Crippen LogP contribution is -2.37. The highest BCUT2D eigenvalue weighted by Gasteiger charge is 2.23. The second-order valence-corrected chi connectivity index (χ2v) is 5.95. The average molecular weight is 274 g/mol. The van der Waals surface area contributed by atoms with Gasteiger partial charge in [0.25, 0.3) is 0 Å². The van der Waals surface area contributed by atoms with Crippen LogP contribution in [0.3, 0.4) is 0 Å². The van der Waals surface area contributed by atoms with Crippen LogP contribution < -0.4 is 11.1 Å². The van der Waals surface area contributed by atoms with Crippen LogP contribution in [0.15, 0.2) is 0 Å². The lowest BCUT2D eigenvalue weighted by atomic mass is 9.84. The predicted octanol–water partition coefficient (Wildman–Crippen LogP) is 1.17. The number of hydrogen-bond acceptors (Lipinski definition) is 4. The number of carbonyl (C=O) groups is 1. The van der Waals surface area contributed by atoms with Gasteiger partial charge >= 0.3 is 0 Å². The van der Waals surface area contributed by atoms with Crippen molar-refractivity contribution in [3.05, 3.63) is 0 Å². The van der Waals surface area contributed by atoms with E-state index in [0.29, 0.717) is 32.9 Å². The third kappa shape index (κ3) is 10.9. The number of ether oxygens (including phenoxy) is 2. The standard InChI is InChI=1S/C14H30N2O3/c1-14(2,3)10-12(11-15)13(17)16-6-5-7-19-9-8-18-4/h12H,5-11,15H2,1-4H3,(H,16,17). The van der Waals surface area contributed by atoms with Gasteiger partial charge in [-0.25, -0.2) is 0 Å². The third-order valence-electron chi connectivity index (χ3n) is 2.71. The van der Waals surface area contributed by atoms with Crippen LogP contribution in [0.1, 0.15) is 33.6 Å². The van der Waals surface area contributed by atoms with Gasteiger partial charge in [-0.15, -0.1) is 0 Å². The minimum absolute atomic E-state index is 0.0503. The van der Waals surface area contributed by atoms with Gasteiger partial charge in [0.2, 0.25) is 5.91 Å². The van der Waals surface area contributed by atoms with E-state index in [1.807, 2.05) is 0 Å². The van der Waals surface area contributed by atoms with Crippen LogP contribution in [0.5, 0.6) is 0 Å². The molecule has 0 spiro atoms. The van der Waals surface area contributed by atoms with E-state index < -0.39 is 0 Å². The second kappa shape index (κ2) is 10.2. The van der Waals surface area contributed by atoms with Crippen LogP contribution >= 0.6 is 0 Å². The molecule has 0 saturated carbocycles. The molecule has 114 valence electrons. The number of nitrogens with one attached hydrogen (secondary N) is 1. The molecule has 5 nitrogen and oxygen atoms in total. The number of methoxy groups -OCH3 is 1. The maximum atomic E-state index is 11.9. The van der Waals surface area contributed by atoms with Crippen LogP contribution in [-0.2, 0) is 14.3 Å². The Morgan fingerprint density at radius 3 is 2.47 bits per heavy atom. The molecule has 1 amide bonds. The quantitative estimate of drug-likeness (QED) is 0.586. The molecule has 5 heteroatoms. The van der Waals surface area contributed by atoms with E-state index in [4.69, 9.17) is 15.2 Å². The molecule has 0 bridgehead atoms. The van der Waals surface area contributed by atoms with Crippen LogP contribution in [0.25, 0.3) is 0 Å². The van der Waals surface area contributed by atoms with Crippen molar-refractivity contribution in [3.8, 4) is 0 Å². The fourth-order valence-electron chi connectivity index (χ4n) is 1.80. The largest absolute Gasteiger partial charge is 0.382 e. The molecule has 0 aromatic heterocycles. The Labute approximate surface area is 117 Å². The monoisotopic (exact) mass is 274 g/mol. The summed E-state index contributed by atoms with van der Waals surface area (Å²) in [7, 11) is 1.64. The third-order valence-corrected chi connectivity index (χ3v) is 2.71. The van der Waals surface area contributed by atoms with Crippen LogP contribution in [0, 0.1) is 11.3 Å². The van der Waals surface area contributed by atoms with E-state index >= 15 is 0 Å². The minimum atomic E-state index is -0.102. The highest BCUT2D eigenvalue weighted by Crippen LogP contribution is 2.23. The zero-order valence-electron chi connectivity index (χ0n) is 12.8. The van der Waals surface area contributed by atoms with Crippen molar-refractivity contribution < 1.29 is 14.3 Å². The maximum Gasteiger partial charge on any atom is 0.224 e. The summed E-state index contributed by atoms with van der Waals surface area (Å²) >= 11 is 0. The second-order valence-electron chi connectivity index (χ2n) is 5.95. The summed E-state index contributed by atoms with van der Waals surface area (Å²) in [6.07, 6.45) is 1.61. The molecule has 0 heterocycles. The number of hydrogen-bond donors (Lipinski definition) is 2. The summed E-state index contributed by atoms with van der Waals surface area (Å²) in [5.74, 6) is -0.0521. The van der Waals surface area contributed by atoms with Crippen LogP contribution in [-0.4, -0.2) is 45.9 Å². The summed E-state index contributed by atoms with van der Waals surface area (Å²) in [5.41, 5.74) is 5.78. The fourth-order valence-corrected chi connectivity index (χ4v) is 1.80. The first kappa shape index (κ1) is 18.4. The first-order valence-corrected chi connectivity index (χ1v) is 6.95. The van der Waals surface area contributed by atoms with Gasteiger partial charge in [-0.05, 0) is 18.3 Å². The summed E-state index contributed by atoms with van der Waals surface area (Å²) in [6.45, 7) is 9.22. The van der Waals surface area contributed by atoms with Gasteiger partial charge < -0.3 is 20.5 Å². The Balaban J connectivity index is 3.71. The average Bonchev–Trinajstić information content (AvgIpc) is 2.33. The predicted molar refractivity (Wildman–Crippen MR) is 76.9 cm³/mol. The highest BCUT2D eigenvalue weighted by molar-refractivity contribution is 5.78. The van der Waals surface area contributed by atoms with Crippen molar-refractivity contribution in [3.63, 3.8) is 0 Å². The van der Waals surface area contributed by atoms with Crippen LogP contribution in [0.4, 0.5) is 0 Å². The van der Waals surface area contributed by atoms with Gasteiger partial charge in [-0.1, -0.05) is 20.8 Å². The van der Waals surface area contributed by atoms with Crippen molar-refractivity contribution in [1.82, 2.24) is 5.32 Å². The van der Waals surface area contributed by atoms with Gasteiger partial charge in [-0.3, -0.25) is 4.79 Å². The minimum Gasteiger partial charge on any atom is -0.382 e. The van der Waals surface area contributed by atoms with Crippen molar-refractivity contribution >= 4 is 5.91 Å². The number of amides is 1. The molecule has 19 heavy (non-hydrogen) atoms. The lowest BCUT2D eigenvalue weighted by molar-refractivity contribution is -0.125. The summed E-state index contributed by atoms with van der Waals surface area (Å²) in [5, 5.41) is 2.92. The molecule has 0 aliphatic rings. The van der Waals surface area contributed by atoms with Gasteiger partial charge in [-0.2, -0.15) is 0 Å². The summed E-state index contributed by atoms with van der Waals surface area (Å²) < 4.78 is 10.2. The SMILES string of the molecule is COCCOCCCNC(=O)C(CN)CC(C)(C)C. The Morgan fingerprint density at radius 2 is 1.95 bits per heavy atom. The van der Waals surface area contributed by atoms with Gasteiger partial charge in [0, 0.05) is 26.8 Å². The normalized spacial score (nSPS) is 13.3. The summed E-state index contributed by atoms with van der Waals surface area (Å²) in [6, 6.07) is 0. The molecule has 1 unspecified atom stereocenters. The lowest BCUT2D eigenvalue weighted by Gasteiger charge is -2.24. The molecular formula is C14H30N2O3. The first-order chi connectivity index (χ1) is 8.90. The van der Waals surface area contributed by atoms with E-state index in [1.54, 1.807) is 7.11 Å². The number of nitrogens with two attached hydrogens (primary N) is 1. The van der Waals surface area contributed by atoms with E-state index in [-0.39, 0.29) is 17.2 Å².